The van der Waals surface area contributed by atoms with E-state index < -0.39 is 6.10 Å². The average Bonchev–Trinajstić information content (AvgIpc) is 2.27. The number of nitrogens with one attached hydrogen (secondary N) is 1. The molecule has 0 aliphatic rings. The van der Waals surface area contributed by atoms with E-state index in [1.54, 1.807) is 25.3 Å². The monoisotopic (exact) mass is 212 g/mol. The number of nitrogens with two attached hydrogens (primary N) is 1. The smallest absolute Gasteiger partial charge is 0.121 e. The maximum absolute atomic E-state index is 9.15. The summed E-state index contributed by atoms with van der Waals surface area (Å²) in [5, 5.41) is 20.7. The van der Waals surface area contributed by atoms with Crippen molar-refractivity contribution in [1.82, 2.24) is 0 Å². The lowest BCUT2D eigenvalue weighted by Crippen LogP contribution is -2.23. The van der Waals surface area contributed by atoms with Crippen LogP contribution in [0.4, 0.5) is 11.4 Å². The minimum absolute atomic E-state index is 0.244. The molecule has 1 aromatic rings. The number of ether oxygens (including phenoxy) is 1. The molecule has 5 heteroatoms. The van der Waals surface area contributed by atoms with Crippen LogP contribution in [0, 0.1) is 0 Å². The summed E-state index contributed by atoms with van der Waals surface area (Å²) in [6.45, 7) is -0.0370. The second-order valence-electron chi connectivity index (χ2n) is 3.17. The quantitative estimate of drug-likeness (QED) is 0.518. The van der Waals surface area contributed by atoms with Crippen molar-refractivity contribution in [2.75, 3.05) is 31.3 Å². The molecule has 1 aromatic carbocycles. The summed E-state index contributed by atoms with van der Waals surface area (Å²) < 4.78 is 5.04. The minimum atomic E-state index is -0.796. The number of aliphatic hydroxyl groups is 2. The molecule has 15 heavy (non-hydrogen) atoms. The van der Waals surface area contributed by atoms with Crippen molar-refractivity contribution in [2.45, 2.75) is 6.10 Å². The van der Waals surface area contributed by atoms with Gasteiger partial charge in [0.2, 0.25) is 0 Å². The van der Waals surface area contributed by atoms with Crippen LogP contribution in [0.15, 0.2) is 18.2 Å². The van der Waals surface area contributed by atoms with E-state index in [0.717, 1.165) is 0 Å². The van der Waals surface area contributed by atoms with Crippen molar-refractivity contribution in [3.63, 3.8) is 0 Å². The standard InChI is InChI=1S/C10H16N2O3/c1-15-8-2-3-9(11)10(4-8)12-5-7(14)6-13/h2-4,7,12-14H,5-6,11H2,1H3. The zero-order valence-corrected chi connectivity index (χ0v) is 8.60. The molecule has 0 aliphatic carbocycles. The molecule has 1 unspecified atom stereocenters. The molecule has 0 aliphatic heterocycles. The Balaban J connectivity index is 2.66. The molecule has 0 bridgehead atoms. The first-order valence-corrected chi connectivity index (χ1v) is 4.63. The number of hydrogen-bond acceptors (Lipinski definition) is 5. The van der Waals surface area contributed by atoms with Crippen molar-refractivity contribution in [1.29, 1.82) is 0 Å². The van der Waals surface area contributed by atoms with Gasteiger partial charge >= 0.3 is 0 Å². The first-order chi connectivity index (χ1) is 7.17. The summed E-state index contributed by atoms with van der Waals surface area (Å²) in [5.41, 5.74) is 6.96. The highest BCUT2D eigenvalue weighted by Gasteiger charge is 2.04. The van der Waals surface area contributed by atoms with E-state index in [-0.39, 0.29) is 13.2 Å². The van der Waals surface area contributed by atoms with E-state index in [2.05, 4.69) is 5.32 Å². The summed E-state index contributed by atoms with van der Waals surface area (Å²) in [6, 6.07) is 5.20. The lowest BCUT2D eigenvalue weighted by Gasteiger charge is -2.13. The van der Waals surface area contributed by atoms with Gasteiger partial charge in [0.05, 0.1) is 31.2 Å². The number of hydrogen-bond donors (Lipinski definition) is 4. The van der Waals surface area contributed by atoms with Gasteiger partial charge in [-0.05, 0) is 12.1 Å². The highest BCUT2D eigenvalue weighted by Crippen LogP contribution is 2.24. The minimum Gasteiger partial charge on any atom is -0.497 e. The van der Waals surface area contributed by atoms with Crippen molar-refractivity contribution in [3.8, 4) is 5.75 Å². The summed E-state index contributed by atoms with van der Waals surface area (Å²) in [7, 11) is 1.57. The zero-order chi connectivity index (χ0) is 11.3. The number of methoxy groups -OCH3 is 1. The first-order valence-electron chi connectivity index (χ1n) is 4.63. The second-order valence-corrected chi connectivity index (χ2v) is 3.17. The van der Waals surface area contributed by atoms with Gasteiger partial charge in [0, 0.05) is 12.6 Å². The Morgan fingerprint density at radius 1 is 1.53 bits per heavy atom. The first kappa shape index (κ1) is 11.6. The van der Waals surface area contributed by atoms with Crippen molar-refractivity contribution in [3.05, 3.63) is 18.2 Å². The maximum Gasteiger partial charge on any atom is 0.121 e. The molecule has 0 heterocycles. The Labute approximate surface area is 88.5 Å². The lowest BCUT2D eigenvalue weighted by atomic mass is 10.2. The third-order valence-electron chi connectivity index (χ3n) is 2.00. The SMILES string of the molecule is COc1ccc(N)c(NCC(O)CO)c1. The molecule has 0 amide bonds. The Morgan fingerprint density at radius 2 is 2.27 bits per heavy atom. The molecule has 0 spiro atoms. The van der Waals surface area contributed by atoms with Crippen LogP contribution in [0.1, 0.15) is 0 Å². The van der Waals surface area contributed by atoms with E-state index in [1.165, 1.54) is 0 Å². The normalized spacial score (nSPS) is 12.2. The fraction of sp³-hybridized carbons (Fsp3) is 0.400. The predicted octanol–water partition coefficient (Wildman–Crippen LogP) is 0.0425. The maximum atomic E-state index is 9.15. The second kappa shape index (κ2) is 5.43. The Morgan fingerprint density at radius 3 is 2.87 bits per heavy atom. The fourth-order valence-corrected chi connectivity index (χ4v) is 1.11. The third kappa shape index (κ3) is 3.30. The van der Waals surface area contributed by atoms with E-state index in [9.17, 15) is 0 Å². The number of aliphatic hydroxyl groups excluding tert-OH is 2. The summed E-state index contributed by atoms with van der Waals surface area (Å²) >= 11 is 0. The summed E-state index contributed by atoms with van der Waals surface area (Å²) in [6.07, 6.45) is -0.796. The molecule has 5 nitrogen and oxygen atoms in total. The van der Waals surface area contributed by atoms with E-state index in [4.69, 9.17) is 20.7 Å². The number of rotatable bonds is 5. The van der Waals surface area contributed by atoms with Gasteiger partial charge in [-0.1, -0.05) is 0 Å². The molecule has 5 N–H and O–H groups in total. The van der Waals surface area contributed by atoms with Crippen LogP contribution in [0.25, 0.3) is 0 Å². The van der Waals surface area contributed by atoms with Gasteiger partial charge in [0.1, 0.15) is 5.75 Å². The zero-order valence-electron chi connectivity index (χ0n) is 8.60. The van der Waals surface area contributed by atoms with E-state index in [1.807, 2.05) is 0 Å². The van der Waals surface area contributed by atoms with Crippen molar-refractivity contribution < 1.29 is 14.9 Å². The van der Waals surface area contributed by atoms with Gasteiger partial charge in [0.15, 0.2) is 0 Å². The van der Waals surface area contributed by atoms with Crippen LogP contribution in [-0.2, 0) is 0 Å². The Kier molecular flexibility index (Phi) is 4.20. The van der Waals surface area contributed by atoms with Crippen LogP contribution in [0.2, 0.25) is 0 Å². The van der Waals surface area contributed by atoms with Crippen LogP contribution < -0.4 is 15.8 Å². The van der Waals surface area contributed by atoms with Gasteiger partial charge in [-0.25, -0.2) is 0 Å². The lowest BCUT2D eigenvalue weighted by molar-refractivity contribution is 0.105. The van der Waals surface area contributed by atoms with Gasteiger partial charge in [-0.3, -0.25) is 0 Å². The molecular weight excluding hydrogens is 196 g/mol. The number of benzene rings is 1. The highest BCUT2D eigenvalue weighted by atomic mass is 16.5. The summed E-state index contributed by atoms with van der Waals surface area (Å²) in [5.74, 6) is 0.685. The summed E-state index contributed by atoms with van der Waals surface area (Å²) in [4.78, 5) is 0. The highest BCUT2D eigenvalue weighted by molar-refractivity contribution is 5.68. The van der Waals surface area contributed by atoms with Crippen LogP contribution in [0.3, 0.4) is 0 Å². The van der Waals surface area contributed by atoms with E-state index in [0.29, 0.717) is 17.1 Å². The molecule has 84 valence electrons. The molecule has 0 fully saturated rings. The van der Waals surface area contributed by atoms with E-state index >= 15 is 0 Å². The Hall–Kier alpha value is -1.46. The third-order valence-corrected chi connectivity index (χ3v) is 2.00. The van der Waals surface area contributed by atoms with Gasteiger partial charge in [0.25, 0.3) is 0 Å². The van der Waals surface area contributed by atoms with Crippen molar-refractivity contribution in [2.24, 2.45) is 0 Å². The topological polar surface area (TPSA) is 87.7 Å². The number of anilines is 2. The van der Waals surface area contributed by atoms with Gasteiger partial charge in [-0.15, -0.1) is 0 Å². The molecule has 1 rings (SSSR count). The largest absolute Gasteiger partial charge is 0.497 e. The molecule has 0 saturated heterocycles. The average molecular weight is 212 g/mol. The molecular formula is C10H16N2O3. The molecule has 0 aromatic heterocycles. The van der Waals surface area contributed by atoms with Gasteiger partial charge < -0.3 is 26.0 Å². The van der Waals surface area contributed by atoms with Crippen molar-refractivity contribution >= 4 is 11.4 Å². The molecule has 1 atom stereocenters. The van der Waals surface area contributed by atoms with Crippen LogP contribution in [-0.4, -0.2) is 36.6 Å². The predicted molar refractivity (Wildman–Crippen MR) is 59.0 cm³/mol. The van der Waals surface area contributed by atoms with Gasteiger partial charge in [-0.2, -0.15) is 0 Å². The van der Waals surface area contributed by atoms with Crippen LogP contribution in [0.5, 0.6) is 5.75 Å². The molecule has 0 radical (unpaired) electrons. The fourth-order valence-electron chi connectivity index (χ4n) is 1.11. The number of nitrogen functional groups attached to an aromatic ring is 1. The molecule has 0 saturated carbocycles. The Bertz CT molecular complexity index is 318. The van der Waals surface area contributed by atoms with Crippen LogP contribution >= 0.6 is 0 Å².